The zero-order valence-electron chi connectivity index (χ0n) is 10.5. The standard InChI is InChI=1S/C15H19BrFN/c16-10-12-5-1-7-13(17)15(12)18-9-3-6-11-4-2-8-14(11)18/h1,5,7,11,14H,2-4,6,8-10H2. The van der Waals surface area contributed by atoms with Gasteiger partial charge >= 0.3 is 0 Å². The van der Waals surface area contributed by atoms with E-state index in [4.69, 9.17) is 0 Å². The fourth-order valence-electron chi connectivity index (χ4n) is 3.72. The molecule has 3 rings (SSSR count). The maximum Gasteiger partial charge on any atom is 0.146 e. The lowest BCUT2D eigenvalue weighted by molar-refractivity contribution is 0.359. The van der Waals surface area contributed by atoms with Crippen molar-refractivity contribution < 1.29 is 4.39 Å². The number of fused-ring (bicyclic) bond motifs is 1. The first kappa shape index (κ1) is 12.5. The number of anilines is 1. The number of hydrogen-bond acceptors (Lipinski definition) is 1. The molecule has 1 aliphatic heterocycles. The molecule has 2 aliphatic rings. The molecule has 1 saturated carbocycles. The van der Waals surface area contributed by atoms with Gasteiger partial charge in [0.25, 0.3) is 0 Å². The Morgan fingerprint density at radius 2 is 2.06 bits per heavy atom. The van der Waals surface area contributed by atoms with Crippen molar-refractivity contribution in [1.29, 1.82) is 0 Å². The number of nitrogens with zero attached hydrogens (tertiary/aromatic N) is 1. The molecule has 98 valence electrons. The number of rotatable bonds is 2. The van der Waals surface area contributed by atoms with Crippen LogP contribution in [0.4, 0.5) is 10.1 Å². The Morgan fingerprint density at radius 3 is 2.89 bits per heavy atom. The Hall–Kier alpha value is -0.570. The van der Waals surface area contributed by atoms with Gasteiger partial charge in [-0.1, -0.05) is 34.5 Å². The van der Waals surface area contributed by atoms with Gasteiger partial charge < -0.3 is 4.90 Å². The first-order valence-electron chi connectivity index (χ1n) is 6.91. The molecular weight excluding hydrogens is 293 g/mol. The SMILES string of the molecule is Fc1cccc(CBr)c1N1CCCC2CCCC21. The van der Waals surface area contributed by atoms with Crippen molar-refractivity contribution in [2.24, 2.45) is 5.92 Å². The monoisotopic (exact) mass is 311 g/mol. The highest BCUT2D eigenvalue weighted by atomic mass is 79.9. The molecule has 1 heterocycles. The second-order valence-electron chi connectivity index (χ2n) is 5.48. The topological polar surface area (TPSA) is 3.24 Å². The lowest BCUT2D eigenvalue weighted by Crippen LogP contribution is -2.43. The first-order valence-corrected chi connectivity index (χ1v) is 8.03. The third-order valence-corrected chi connectivity index (χ3v) is 5.10. The molecule has 1 aliphatic carbocycles. The van der Waals surface area contributed by atoms with Gasteiger partial charge in [-0.2, -0.15) is 0 Å². The van der Waals surface area contributed by atoms with Crippen molar-refractivity contribution in [3.8, 4) is 0 Å². The molecule has 0 N–H and O–H groups in total. The number of halogens is 2. The lowest BCUT2D eigenvalue weighted by atomic mass is 9.91. The summed E-state index contributed by atoms with van der Waals surface area (Å²) in [7, 11) is 0. The molecule has 0 spiro atoms. The van der Waals surface area contributed by atoms with E-state index in [0.717, 1.165) is 29.0 Å². The predicted octanol–water partition coefficient (Wildman–Crippen LogP) is 4.49. The zero-order chi connectivity index (χ0) is 12.5. The van der Waals surface area contributed by atoms with Gasteiger partial charge in [-0.25, -0.2) is 4.39 Å². The normalized spacial score (nSPS) is 27.3. The van der Waals surface area contributed by atoms with Gasteiger partial charge in [-0.3, -0.25) is 0 Å². The summed E-state index contributed by atoms with van der Waals surface area (Å²) in [6.07, 6.45) is 6.42. The van der Waals surface area contributed by atoms with E-state index in [9.17, 15) is 4.39 Å². The van der Waals surface area contributed by atoms with E-state index in [-0.39, 0.29) is 5.82 Å². The minimum absolute atomic E-state index is 0.0560. The Morgan fingerprint density at radius 1 is 1.22 bits per heavy atom. The number of para-hydroxylation sites is 1. The molecule has 18 heavy (non-hydrogen) atoms. The smallest absolute Gasteiger partial charge is 0.146 e. The van der Waals surface area contributed by atoms with Gasteiger partial charge in [0.1, 0.15) is 5.82 Å². The highest BCUT2D eigenvalue weighted by molar-refractivity contribution is 9.08. The van der Waals surface area contributed by atoms with Crippen LogP contribution in [0.25, 0.3) is 0 Å². The molecule has 0 radical (unpaired) electrons. The molecule has 0 bridgehead atoms. The maximum atomic E-state index is 14.2. The quantitative estimate of drug-likeness (QED) is 0.727. The van der Waals surface area contributed by atoms with Gasteiger partial charge in [0.05, 0.1) is 5.69 Å². The number of benzene rings is 1. The van der Waals surface area contributed by atoms with Crippen molar-refractivity contribution in [1.82, 2.24) is 0 Å². The van der Waals surface area contributed by atoms with Crippen LogP contribution in [-0.4, -0.2) is 12.6 Å². The van der Waals surface area contributed by atoms with Crippen LogP contribution in [0.15, 0.2) is 18.2 Å². The highest BCUT2D eigenvalue weighted by Crippen LogP contribution is 2.41. The van der Waals surface area contributed by atoms with Gasteiger partial charge in [0, 0.05) is 17.9 Å². The lowest BCUT2D eigenvalue weighted by Gasteiger charge is -2.40. The summed E-state index contributed by atoms with van der Waals surface area (Å²) in [4.78, 5) is 2.35. The van der Waals surface area contributed by atoms with E-state index < -0.39 is 0 Å². The molecule has 2 atom stereocenters. The van der Waals surface area contributed by atoms with Crippen LogP contribution in [0.1, 0.15) is 37.7 Å². The van der Waals surface area contributed by atoms with E-state index in [2.05, 4.69) is 20.8 Å². The van der Waals surface area contributed by atoms with Gasteiger partial charge in [0.15, 0.2) is 0 Å². The van der Waals surface area contributed by atoms with Crippen molar-refractivity contribution in [2.75, 3.05) is 11.4 Å². The Labute approximate surface area is 116 Å². The Bertz CT molecular complexity index is 435. The van der Waals surface area contributed by atoms with Crippen LogP contribution in [0, 0.1) is 11.7 Å². The molecule has 1 aromatic carbocycles. The summed E-state index contributed by atoms with van der Waals surface area (Å²) in [5, 5.41) is 0.730. The molecule has 0 amide bonds. The molecule has 2 fully saturated rings. The van der Waals surface area contributed by atoms with Crippen LogP contribution in [-0.2, 0) is 5.33 Å². The fourth-order valence-corrected chi connectivity index (χ4v) is 4.17. The highest BCUT2D eigenvalue weighted by Gasteiger charge is 2.36. The minimum atomic E-state index is -0.0560. The second kappa shape index (κ2) is 5.20. The minimum Gasteiger partial charge on any atom is -0.366 e. The molecule has 1 saturated heterocycles. The fraction of sp³-hybridized carbons (Fsp3) is 0.600. The van der Waals surface area contributed by atoms with Gasteiger partial charge in [-0.15, -0.1) is 0 Å². The van der Waals surface area contributed by atoms with E-state index in [1.807, 2.05) is 12.1 Å². The summed E-state index contributed by atoms with van der Waals surface area (Å²) in [5.74, 6) is 0.737. The average molecular weight is 312 g/mol. The van der Waals surface area contributed by atoms with Crippen LogP contribution in [0.5, 0.6) is 0 Å². The molecule has 3 heteroatoms. The zero-order valence-corrected chi connectivity index (χ0v) is 12.1. The van der Waals surface area contributed by atoms with E-state index in [0.29, 0.717) is 6.04 Å². The first-order chi connectivity index (χ1) is 8.81. The third-order valence-electron chi connectivity index (χ3n) is 4.49. The number of piperidine rings is 1. The van der Waals surface area contributed by atoms with Crippen molar-refractivity contribution >= 4 is 21.6 Å². The van der Waals surface area contributed by atoms with Crippen LogP contribution in [0.2, 0.25) is 0 Å². The van der Waals surface area contributed by atoms with E-state index in [1.165, 1.54) is 32.1 Å². The molecule has 2 unspecified atom stereocenters. The summed E-state index contributed by atoms with van der Waals surface area (Å²) in [6, 6.07) is 6.02. The summed E-state index contributed by atoms with van der Waals surface area (Å²) >= 11 is 3.49. The third kappa shape index (κ3) is 2.07. The largest absolute Gasteiger partial charge is 0.366 e. The number of hydrogen-bond donors (Lipinski definition) is 0. The van der Waals surface area contributed by atoms with Gasteiger partial charge in [0.2, 0.25) is 0 Å². The Kier molecular flexibility index (Phi) is 3.60. The molecular formula is C15H19BrFN. The molecule has 1 aromatic rings. The maximum absolute atomic E-state index is 14.2. The average Bonchev–Trinajstić information content (AvgIpc) is 2.86. The van der Waals surface area contributed by atoms with Crippen LogP contribution < -0.4 is 4.90 Å². The van der Waals surface area contributed by atoms with E-state index in [1.54, 1.807) is 6.07 Å². The Balaban J connectivity index is 1.98. The predicted molar refractivity (Wildman–Crippen MR) is 76.7 cm³/mol. The summed E-state index contributed by atoms with van der Waals surface area (Å²) in [5.41, 5.74) is 1.94. The second-order valence-corrected chi connectivity index (χ2v) is 6.04. The van der Waals surface area contributed by atoms with Crippen molar-refractivity contribution in [2.45, 2.75) is 43.5 Å². The summed E-state index contributed by atoms with van der Waals surface area (Å²) in [6.45, 7) is 1.02. The van der Waals surface area contributed by atoms with Crippen molar-refractivity contribution in [3.05, 3.63) is 29.6 Å². The van der Waals surface area contributed by atoms with E-state index >= 15 is 0 Å². The number of alkyl halides is 1. The van der Waals surface area contributed by atoms with Gasteiger partial charge in [-0.05, 0) is 43.2 Å². The summed E-state index contributed by atoms with van der Waals surface area (Å²) < 4.78 is 14.2. The van der Waals surface area contributed by atoms with Crippen LogP contribution in [0.3, 0.4) is 0 Å². The van der Waals surface area contributed by atoms with Crippen molar-refractivity contribution in [3.63, 3.8) is 0 Å². The molecule has 0 aromatic heterocycles. The van der Waals surface area contributed by atoms with Crippen LogP contribution >= 0.6 is 15.9 Å². The molecule has 1 nitrogen and oxygen atoms in total.